The molecule has 0 spiro atoms. The molecular formula is C47H48O9. The topological polar surface area (TPSA) is 132 Å². The van der Waals surface area contributed by atoms with Crippen LogP contribution in [-0.2, 0) is 56.8 Å². The summed E-state index contributed by atoms with van der Waals surface area (Å²) in [7, 11) is 3.08. The number of hydrogen-bond acceptors (Lipinski definition) is 9. The first kappa shape index (κ1) is 37.4. The number of rotatable bonds is 8. The number of ether oxygens (including phenoxy) is 4. The highest BCUT2D eigenvalue weighted by molar-refractivity contribution is 5.83. The van der Waals surface area contributed by atoms with Crippen LogP contribution in [0.15, 0.2) is 91.0 Å². The standard InChI is InChI=1S/C47H48O9/c1-27(49)55-43-23-36(56-46(52)16-28-7-6-8-29(15-28)26-48)22-38-37-24-45(54-3)41(50)19-32(37)12-14-39(38)47(35-13-11-30-9-4-5-10-31(30)17-35)25-34-20-42(51)44(53-2)21-33(34)18-40(43)47/h4-11,13,15,17,19-21,24,36,38-40,43,48,50-51H,12,14,16,18,22-23,25-26H2,1-3H3. The zero-order chi connectivity index (χ0) is 39.1. The lowest BCUT2D eigenvalue weighted by Gasteiger charge is -2.57. The molecule has 290 valence electrons. The number of aryl methyl sites for hydroxylation is 1. The summed E-state index contributed by atoms with van der Waals surface area (Å²) in [6, 6.07) is 29.7. The smallest absolute Gasteiger partial charge is 0.310 e. The Morgan fingerprint density at radius 1 is 0.750 bits per heavy atom. The number of methoxy groups -OCH3 is 2. The van der Waals surface area contributed by atoms with Crippen molar-refractivity contribution in [3.63, 3.8) is 0 Å². The Kier molecular flexibility index (Phi) is 10.1. The molecule has 9 heteroatoms. The summed E-state index contributed by atoms with van der Waals surface area (Å²) in [4.78, 5) is 27.0. The molecule has 0 radical (unpaired) electrons. The molecular weight excluding hydrogens is 709 g/mol. The minimum atomic E-state index is -0.626. The van der Waals surface area contributed by atoms with Crippen LogP contribution in [0.2, 0.25) is 0 Å². The van der Waals surface area contributed by atoms with Crippen molar-refractivity contribution in [2.45, 2.75) is 82.0 Å². The summed E-state index contributed by atoms with van der Waals surface area (Å²) in [5.41, 5.74) is 6.06. The van der Waals surface area contributed by atoms with Gasteiger partial charge in [0.05, 0.1) is 27.2 Å². The molecule has 0 aromatic heterocycles. The lowest BCUT2D eigenvalue weighted by atomic mass is 9.47. The van der Waals surface area contributed by atoms with E-state index in [4.69, 9.17) is 18.9 Å². The number of carbonyl (C=O) groups is 2. The molecule has 6 unspecified atom stereocenters. The third-order valence-corrected chi connectivity index (χ3v) is 12.7. The van der Waals surface area contributed by atoms with Gasteiger partial charge in [-0.05, 0) is 118 Å². The minimum Gasteiger partial charge on any atom is -0.504 e. The molecule has 3 aliphatic carbocycles. The van der Waals surface area contributed by atoms with Crippen molar-refractivity contribution in [1.29, 1.82) is 0 Å². The first-order chi connectivity index (χ1) is 27.1. The summed E-state index contributed by atoms with van der Waals surface area (Å²) in [6.07, 6.45) is 2.06. The molecule has 1 saturated carbocycles. The van der Waals surface area contributed by atoms with Gasteiger partial charge in [0.1, 0.15) is 12.2 Å². The van der Waals surface area contributed by atoms with Crippen LogP contribution in [0, 0.1) is 11.8 Å². The first-order valence-electron chi connectivity index (χ1n) is 19.4. The largest absolute Gasteiger partial charge is 0.504 e. The van der Waals surface area contributed by atoms with Gasteiger partial charge in [0.25, 0.3) is 0 Å². The third kappa shape index (κ3) is 6.83. The predicted molar refractivity (Wildman–Crippen MR) is 211 cm³/mol. The van der Waals surface area contributed by atoms with Crippen molar-refractivity contribution in [2.24, 2.45) is 11.8 Å². The van der Waals surface area contributed by atoms with Crippen molar-refractivity contribution in [3.05, 3.63) is 130 Å². The molecule has 1 fully saturated rings. The second-order valence-electron chi connectivity index (χ2n) is 15.7. The van der Waals surface area contributed by atoms with Crippen molar-refractivity contribution in [1.82, 2.24) is 0 Å². The van der Waals surface area contributed by atoms with Crippen molar-refractivity contribution < 1.29 is 43.9 Å². The molecule has 9 nitrogen and oxygen atoms in total. The zero-order valence-electron chi connectivity index (χ0n) is 32.0. The van der Waals surface area contributed by atoms with E-state index in [-0.39, 0.29) is 48.7 Å². The van der Waals surface area contributed by atoms with Crippen LogP contribution in [0.1, 0.15) is 71.0 Å². The van der Waals surface area contributed by atoms with Crippen LogP contribution < -0.4 is 9.47 Å². The number of aliphatic hydroxyl groups is 1. The molecule has 0 aliphatic heterocycles. The summed E-state index contributed by atoms with van der Waals surface area (Å²) >= 11 is 0. The molecule has 3 aliphatic rings. The van der Waals surface area contributed by atoms with Crippen LogP contribution in [0.3, 0.4) is 0 Å². The van der Waals surface area contributed by atoms with E-state index in [0.29, 0.717) is 42.7 Å². The van der Waals surface area contributed by atoms with Gasteiger partial charge in [0, 0.05) is 24.7 Å². The maximum Gasteiger partial charge on any atom is 0.310 e. The van der Waals surface area contributed by atoms with Crippen molar-refractivity contribution in [3.8, 4) is 23.0 Å². The van der Waals surface area contributed by atoms with Gasteiger partial charge in [-0.3, -0.25) is 9.59 Å². The van der Waals surface area contributed by atoms with E-state index in [9.17, 15) is 24.9 Å². The third-order valence-electron chi connectivity index (χ3n) is 12.7. The average Bonchev–Trinajstić information content (AvgIpc) is 3.18. The fourth-order valence-corrected chi connectivity index (χ4v) is 10.4. The Hall–Kier alpha value is -5.54. The Morgan fingerprint density at radius 3 is 2.23 bits per heavy atom. The highest BCUT2D eigenvalue weighted by atomic mass is 16.6. The Labute approximate surface area is 326 Å². The lowest BCUT2D eigenvalue weighted by Crippen LogP contribution is -2.57. The van der Waals surface area contributed by atoms with Crippen LogP contribution >= 0.6 is 0 Å². The number of phenolic OH excluding ortho intramolecular Hbond substituents is 2. The van der Waals surface area contributed by atoms with E-state index >= 15 is 0 Å². The number of benzene rings is 5. The highest BCUT2D eigenvalue weighted by Crippen LogP contribution is 2.60. The van der Waals surface area contributed by atoms with Gasteiger partial charge in [0.15, 0.2) is 23.0 Å². The van der Waals surface area contributed by atoms with Crippen molar-refractivity contribution >= 4 is 22.7 Å². The number of carbonyl (C=O) groups excluding carboxylic acids is 2. The SMILES string of the molecule is COc1cc2c(cc1O)CC1(c3ccc4ccccc4c3)C(C2)C(OC(C)=O)CC(OC(=O)Cc2cccc(CO)c2)CC2c3cc(OC)c(O)cc3CCC21. The fourth-order valence-electron chi connectivity index (χ4n) is 10.4. The number of phenols is 2. The number of aromatic hydroxyl groups is 2. The zero-order valence-corrected chi connectivity index (χ0v) is 32.0. The van der Waals surface area contributed by atoms with Gasteiger partial charge in [0.2, 0.25) is 0 Å². The van der Waals surface area contributed by atoms with E-state index in [1.165, 1.54) is 14.0 Å². The molecule has 56 heavy (non-hydrogen) atoms. The van der Waals surface area contributed by atoms with E-state index in [0.717, 1.165) is 50.6 Å². The number of hydrogen-bond donors (Lipinski definition) is 3. The Bertz CT molecular complexity index is 2300. The van der Waals surface area contributed by atoms with E-state index < -0.39 is 29.6 Å². The van der Waals surface area contributed by atoms with Crippen molar-refractivity contribution in [2.75, 3.05) is 14.2 Å². The molecule has 0 bridgehead atoms. The summed E-state index contributed by atoms with van der Waals surface area (Å²) in [5.74, 6) is -0.358. The second-order valence-corrected chi connectivity index (χ2v) is 15.7. The van der Waals surface area contributed by atoms with Gasteiger partial charge in [-0.15, -0.1) is 0 Å². The molecule has 0 heterocycles. The molecule has 3 N–H and O–H groups in total. The summed E-state index contributed by atoms with van der Waals surface area (Å²) < 4.78 is 24.1. The predicted octanol–water partition coefficient (Wildman–Crippen LogP) is 7.64. The van der Waals surface area contributed by atoms with Gasteiger partial charge in [-0.25, -0.2) is 0 Å². The molecule has 6 atom stereocenters. The Morgan fingerprint density at radius 2 is 1.48 bits per heavy atom. The molecule has 0 amide bonds. The monoisotopic (exact) mass is 756 g/mol. The summed E-state index contributed by atoms with van der Waals surface area (Å²) in [6.45, 7) is 1.30. The summed E-state index contributed by atoms with van der Waals surface area (Å²) in [5, 5.41) is 34.0. The second kappa shape index (κ2) is 15.2. The number of aliphatic hydroxyl groups excluding tert-OH is 1. The van der Waals surface area contributed by atoms with E-state index in [2.05, 4.69) is 30.3 Å². The molecule has 0 saturated heterocycles. The quantitative estimate of drug-likeness (QED) is 0.137. The van der Waals surface area contributed by atoms with E-state index in [1.807, 2.05) is 42.5 Å². The lowest BCUT2D eigenvalue weighted by molar-refractivity contribution is -0.162. The number of fused-ring (bicyclic) bond motifs is 7. The highest BCUT2D eigenvalue weighted by Gasteiger charge is 2.58. The van der Waals surface area contributed by atoms with Crippen LogP contribution in [0.25, 0.3) is 10.8 Å². The van der Waals surface area contributed by atoms with Gasteiger partial charge >= 0.3 is 11.9 Å². The van der Waals surface area contributed by atoms with Crippen LogP contribution in [-0.4, -0.2) is 53.7 Å². The van der Waals surface area contributed by atoms with Gasteiger partial charge < -0.3 is 34.3 Å². The Balaban J connectivity index is 1.33. The van der Waals surface area contributed by atoms with Crippen LogP contribution in [0.4, 0.5) is 0 Å². The van der Waals surface area contributed by atoms with E-state index in [1.54, 1.807) is 25.3 Å². The van der Waals surface area contributed by atoms with Crippen LogP contribution in [0.5, 0.6) is 23.0 Å². The molecule has 5 aromatic rings. The molecule has 5 aromatic carbocycles. The van der Waals surface area contributed by atoms with Gasteiger partial charge in [-0.1, -0.05) is 66.7 Å². The van der Waals surface area contributed by atoms with Gasteiger partial charge in [-0.2, -0.15) is 0 Å². The first-order valence-corrected chi connectivity index (χ1v) is 19.4. The fraction of sp³-hybridized carbons (Fsp3) is 0.362. The normalized spacial score (nSPS) is 24.0. The minimum absolute atomic E-state index is 0.0239. The average molecular weight is 757 g/mol. The molecule has 8 rings (SSSR count). The number of esters is 2. The maximum atomic E-state index is 13.8. The maximum absolute atomic E-state index is 13.8.